The molecule has 1 rings (SSSR count). The van der Waals surface area contributed by atoms with E-state index >= 15 is 0 Å². The van der Waals surface area contributed by atoms with Crippen molar-refractivity contribution in [1.82, 2.24) is 0 Å². The molecule has 5 nitrogen and oxygen atoms in total. The fourth-order valence-electron chi connectivity index (χ4n) is 1.34. The molecule has 1 aromatic rings. The molecule has 0 amide bonds. The van der Waals surface area contributed by atoms with Gasteiger partial charge in [0.15, 0.2) is 0 Å². The van der Waals surface area contributed by atoms with E-state index in [2.05, 4.69) is 20.7 Å². The highest BCUT2D eigenvalue weighted by atomic mass is 79.9. The average Bonchev–Trinajstić information content (AvgIpc) is 2.34. The number of nitrogen functional groups attached to an aromatic ring is 1. The number of nitrogens with two attached hydrogens (primary N) is 1. The molecule has 0 bridgehead atoms. The summed E-state index contributed by atoms with van der Waals surface area (Å²) < 4.78 is 22.6. The van der Waals surface area contributed by atoms with E-state index in [1.807, 2.05) is 0 Å². The van der Waals surface area contributed by atoms with Crippen LogP contribution in [0.25, 0.3) is 0 Å². The van der Waals surface area contributed by atoms with Crippen LogP contribution < -0.4 is 5.73 Å². The van der Waals surface area contributed by atoms with Crippen molar-refractivity contribution >= 4 is 33.6 Å². The first kappa shape index (κ1) is 14.4. The van der Waals surface area contributed by atoms with E-state index in [-0.39, 0.29) is 27.9 Å². The van der Waals surface area contributed by atoms with Crippen LogP contribution >= 0.6 is 15.9 Å². The number of esters is 2. The van der Waals surface area contributed by atoms with Crippen molar-refractivity contribution in [2.45, 2.75) is 6.92 Å². The number of carbonyl (C=O) groups excluding carboxylic acids is 2. The van der Waals surface area contributed by atoms with Crippen molar-refractivity contribution < 1.29 is 23.5 Å². The van der Waals surface area contributed by atoms with E-state index in [9.17, 15) is 14.0 Å². The molecule has 0 atom stereocenters. The number of hydrogen-bond donors (Lipinski definition) is 1. The van der Waals surface area contributed by atoms with Gasteiger partial charge in [-0.25, -0.2) is 14.0 Å². The summed E-state index contributed by atoms with van der Waals surface area (Å²) in [4.78, 5) is 23.2. The smallest absolute Gasteiger partial charge is 0.341 e. The maximum atomic E-state index is 13.5. The zero-order chi connectivity index (χ0) is 13.9. The number of ether oxygens (including phenoxy) is 2. The van der Waals surface area contributed by atoms with Crippen LogP contribution in [0.2, 0.25) is 0 Å². The number of anilines is 1. The van der Waals surface area contributed by atoms with Crippen LogP contribution in [0.4, 0.5) is 10.1 Å². The molecule has 0 spiro atoms. The molecular weight excluding hydrogens is 309 g/mol. The van der Waals surface area contributed by atoms with E-state index in [4.69, 9.17) is 10.5 Å². The first-order valence-electron chi connectivity index (χ1n) is 4.96. The van der Waals surface area contributed by atoms with Crippen LogP contribution in [0.5, 0.6) is 0 Å². The average molecular weight is 320 g/mol. The summed E-state index contributed by atoms with van der Waals surface area (Å²) in [5, 5.41) is 0. The molecule has 18 heavy (non-hydrogen) atoms. The quantitative estimate of drug-likeness (QED) is 0.682. The fraction of sp³-hybridized carbons (Fsp3) is 0.273. The standard InChI is InChI=1S/C11H11BrFNO4/c1-3-18-11(16)7-5(10(15)17-2)4-6(13)8(12)9(7)14/h4H,3,14H2,1-2H3. The summed E-state index contributed by atoms with van der Waals surface area (Å²) in [6.45, 7) is 1.71. The van der Waals surface area contributed by atoms with Crippen LogP contribution in [-0.2, 0) is 9.47 Å². The molecule has 0 fully saturated rings. The molecule has 1 aromatic carbocycles. The van der Waals surface area contributed by atoms with Crippen molar-refractivity contribution in [3.63, 3.8) is 0 Å². The van der Waals surface area contributed by atoms with E-state index < -0.39 is 17.8 Å². The van der Waals surface area contributed by atoms with Gasteiger partial charge in [-0.05, 0) is 28.9 Å². The van der Waals surface area contributed by atoms with Gasteiger partial charge in [0.05, 0.1) is 35.0 Å². The second kappa shape index (κ2) is 5.81. The second-order valence-corrected chi connectivity index (χ2v) is 4.01. The number of methoxy groups -OCH3 is 1. The molecule has 98 valence electrons. The Kier molecular flexibility index (Phi) is 4.66. The van der Waals surface area contributed by atoms with Crippen molar-refractivity contribution in [3.05, 3.63) is 27.5 Å². The molecule has 0 saturated carbocycles. The SMILES string of the molecule is CCOC(=O)c1c(C(=O)OC)cc(F)c(Br)c1N. The molecule has 0 aliphatic carbocycles. The largest absolute Gasteiger partial charge is 0.465 e. The number of carbonyl (C=O) groups is 2. The third-order valence-corrected chi connectivity index (χ3v) is 2.95. The predicted molar refractivity (Wildman–Crippen MR) is 65.8 cm³/mol. The van der Waals surface area contributed by atoms with Gasteiger partial charge in [0.2, 0.25) is 0 Å². The Hall–Kier alpha value is -1.63. The minimum Gasteiger partial charge on any atom is -0.465 e. The molecule has 0 unspecified atom stereocenters. The summed E-state index contributed by atoms with van der Waals surface area (Å²) in [5.41, 5.74) is 4.93. The lowest BCUT2D eigenvalue weighted by atomic mass is 10.1. The van der Waals surface area contributed by atoms with Crippen LogP contribution in [0.1, 0.15) is 27.6 Å². The summed E-state index contributed by atoms with van der Waals surface area (Å²) in [5.74, 6) is -2.44. The lowest BCUT2D eigenvalue weighted by Crippen LogP contribution is -2.16. The van der Waals surface area contributed by atoms with E-state index in [0.29, 0.717) is 0 Å². The summed E-state index contributed by atoms with van der Waals surface area (Å²) in [6.07, 6.45) is 0. The molecule has 0 aliphatic heterocycles. The van der Waals surface area contributed by atoms with Gasteiger partial charge in [-0.2, -0.15) is 0 Å². The van der Waals surface area contributed by atoms with Crippen molar-refractivity contribution in [1.29, 1.82) is 0 Å². The molecule has 7 heteroatoms. The summed E-state index contributed by atoms with van der Waals surface area (Å²) in [6, 6.07) is 0.874. The van der Waals surface area contributed by atoms with Gasteiger partial charge in [0, 0.05) is 0 Å². The van der Waals surface area contributed by atoms with Gasteiger partial charge >= 0.3 is 11.9 Å². The highest BCUT2D eigenvalue weighted by molar-refractivity contribution is 9.10. The number of halogens is 2. The number of rotatable bonds is 3. The molecular formula is C11H11BrFNO4. The fourth-order valence-corrected chi connectivity index (χ4v) is 1.65. The predicted octanol–water partition coefficient (Wildman–Crippen LogP) is 2.13. The van der Waals surface area contributed by atoms with Crippen molar-refractivity contribution in [2.24, 2.45) is 0 Å². The number of benzene rings is 1. The lowest BCUT2D eigenvalue weighted by Gasteiger charge is -2.12. The van der Waals surface area contributed by atoms with Gasteiger partial charge in [-0.3, -0.25) is 0 Å². The second-order valence-electron chi connectivity index (χ2n) is 3.22. The van der Waals surface area contributed by atoms with E-state index in [0.717, 1.165) is 13.2 Å². The van der Waals surface area contributed by atoms with E-state index in [1.165, 1.54) is 0 Å². The highest BCUT2D eigenvalue weighted by Gasteiger charge is 2.25. The Morgan fingerprint density at radius 3 is 2.56 bits per heavy atom. The van der Waals surface area contributed by atoms with Crippen molar-refractivity contribution in [2.75, 3.05) is 19.5 Å². The van der Waals surface area contributed by atoms with Crippen molar-refractivity contribution in [3.8, 4) is 0 Å². The first-order chi connectivity index (χ1) is 8.43. The van der Waals surface area contributed by atoms with Gasteiger partial charge in [-0.15, -0.1) is 0 Å². The Morgan fingerprint density at radius 2 is 2.06 bits per heavy atom. The van der Waals surface area contributed by atoms with Crippen LogP contribution in [-0.4, -0.2) is 25.7 Å². The minimum atomic E-state index is -0.865. The molecule has 0 aliphatic rings. The third kappa shape index (κ3) is 2.61. The number of hydrogen-bond acceptors (Lipinski definition) is 5. The Morgan fingerprint density at radius 1 is 1.44 bits per heavy atom. The van der Waals surface area contributed by atoms with Crippen LogP contribution in [0.15, 0.2) is 10.5 Å². The van der Waals surface area contributed by atoms with E-state index in [1.54, 1.807) is 6.92 Å². The maximum absolute atomic E-state index is 13.5. The summed E-state index contributed by atoms with van der Waals surface area (Å²) >= 11 is 2.89. The third-order valence-electron chi connectivity index (χ3n) is 2.14. The normalized spacial score (nSPS) is 10.0. The zero-order valence-corrected chi connectivity index (χ0v) is 11.3. The molecule has 2 N–H and O–H groups in total. The van der Waals surface area contributed by atoms with Crippen LogP contribution in [0.3, 0.4) is 0 Å². The van der Waals surface area contributed by atoms with Crippen LogP contribution in [0, 0.1) is 5.82 Å². The van der Waals surface area contributed by atoms with Gasteiger partial charge in [0.1, 0.15) is 5.82 Å². The lowest BCUT2D eigenvalue weighted by molar-refractivity contribution is 0.0505. The molecule has 0 aromatic heterocycles. The molecule has 0 saturated heterocycles. The topological polar surface area (TPSA) is 78.6 Å². The monoisotopic (exact) mass is 319 g/mol. The van der Waals surface area contributed by atoms with Gasteiger partial charge in [0.25, 0.3) is 0 Å². The Balaban J connectivity index is 3.49. The highest BCUT2D eigenvalue weighted by Crippen LogP contribution is 2.30. The Bertz CT molecular complexity index is 504. The van der Waals surface area contributed by atoms with Gasteiger partial charge < -0.3 is 15.2 Å². The molecule has 0 radical (unpaired) electrons. The zero-order valence-electron chi connectivity index (χ0n) is 9.75. The minimum absolute atomic E-state index is 0.0989. The maximum Gasteiger partial charge on any atom is 0.341 e. The Labute approximate surface area is 111 Å². The van der Waals surface area contributed by atoms with Gasteiger partial charge in [-0.1, -0.05) is 0 Å². The summed E-state index contributed by atoms with van der Waals surface area (Å²) in [7, 11) is 1.12. The first-order valence-corrected chi connectivity index (χ1v) is 5.76. The molecule has 0 heterocycles.